The van der Waals surface area contributed by atoms with Gasteiger partial charge in [-0.1, -0.05) is 36.4 Å². The number of halogens is 1. The standard InChI is InChI=1S/C22H16FNO3/c1-27-21-20(14-6-4-9-17(25)12-14)18-10-2-3-11-19(18)24(22(21)26)16-8-5-7-15(23)13-16/h2-13,25H,1H3. The predicted octanol–water partition coefficient (Wildman–Crippen LogP) is 4.51. The molecule has 0 saturated heterocycles. The second-order valence-electron chi connectivity index (χ2n) is 6.10. The van der Waals surface area contributed by atoms with Gasteiger partial charge in [-0.2, -0.15) is 0 Å². The first-order chi connectivity index (χ1) is 13.1. The van der Waals surface area contributed by atoms with Crippen LogP contribution in [-0.4, -0.2) is 16.8 Å². The Labute approximate surface area is 154 Å². The van der Waals surface area contributed by atoms with Gasteiger partial charge in [0.1, 0.15) is 11.6 Å². The van der Waals surface area contributed by atoms with E-state index in [1.807, 2.05) is 18.2 Å². The third kappa shape index (κ3) is 2.83. The highest BCUT2D eigenvalue weighted by Crippen LogP contribution is 2.36. The van der Waals surface area contributed by atoms with Crippen LogP contribution in [0.1, 0.15) is 0 Å². The van der Waals surface area contributed by atoms with Gasteiger partial charge in [0.2, 0.25) is 0 Å². The van der Waals surface area contributed by atoms with E-state index in [1.165, 1.54) is 23.8 Å². The maximum Gasteiger partial charge on any atom is 0.298 e. The van der Waals surface area contributed by atoms with Crippen LogP contribution in [-0.2, 0) is 0 Å². The van der Waals surface area contributed by atoms with Crippen molar-refractivity contribution < 1.29 is 14.2 Å². The smallest absolute Gasteiger partial charge is 0.298 e. The highest BCUT2D eigenvalue weighted by molar-refractivity contribution is 5.98. The fourth-order valence-electron chi connectivity index (χ4n) is 3.33. The minimum atomic E-state index is -0.431. The number of aromatic nitrogens is 1. The van der Waals surface area contributed by atoms with Crippen molar-refractivity contribution in [2.24, 2.45) is 0 Å². The molecule has 3 aromatic carbocycles. The number of hydrogen-bond acceptors (Lipinski definition) is 3. The van der Waals surface area contributed by atoms with Crippen LogP contribution in [0.3, 0.4) is 0 Å². The summed E-state index contributed by atoms with van der Waals surface area (Å²) in [5.74, 6) is -0.212. The van der Waals surface area contributed by atoms with Crippen molar-refractivity contribution >= 4 is 10.9 Å². The summed E-state index contributed by atoms with van der Waals surface area (Å²) in [4.78, 5) is 13.3. The lowest BCUT2D eigenvalue weighted by molar-refractivity contribution is 0.409. The predicted molar refractivity (Wildman–Crippen MR) is 103 cm³/mol. The lowest BCUT2D eigenvalue weighted by Gasteiger charge is -2.17. The summed E-state index contributed by atoms with van der Waals surface area (Å²) in [5, 5.41) is 10.6. The Morgan fingerprint density at radius 3 is 2.48 bits per heavy atom. The van der Waals surface area contributed by atoms with Crippen LogP contribution in [0.25, 0.3) is 27.7 Å². The van der Waals surface area contributed by atoms with Crippen LogP contribution in [0, 0.1) is 5.82 Å². The van der Waals surface area contributed by atoms with Gasteiger partial charge in [-0.05, 0) is 42.0 Å². The third-order valence-corrected chi connectivity index (χ3v) is 4.44. The Balaban J connectivity index is 2.17. The Morgan fingerprint density at radius 2 is 1.74 bits per heavy atom. The van der Waals surface area contributed by atoms with Crippen LogP contribution >= 0.6 is 0 Å². The van der Waals surface area contributed by atoms with Crippen molar-refractivity contribution in [3.8, 4) is 28.3 Å². The minimum absolute atomic E-state index is 0.0907. The Morgan fingerprint density at radius 1 is 0.963 bits per heavy atom. The molecule has 0 amide bonds. The van der Waals surface area contributed by atoms with Gasteiger partial charge < -0.3 is 9.84 Å². The van der Waals surface area contributed by atoms with Gasteiger partial charge in [0.15, 0.2) is 5.75 Å². The average Bonchev–Trinajstić information content (AvgIpc) is 2.67. The van der Waals surface area contributed by atoms with E-state index in [0.29, 0.717) is 22.3 Å². The van der Waals surface area contributed by atoms with Gasteiger partial charge in [-0.3, -0.25) is 9.36 Å². The zero-order chi connectivity index (χ0) is 19.0. The summed E-state index contributed by atoms with van der Waals surface area (Å²) in [5.41, 5.74) is 1.87. The number of para-hydroxylation sites is 1. The molecule has 134 valence electrons. The van der Waals surface area contributed by atoms with Crippen molar-refractivity contribution in [3.05, 3.63) is 89.0 Å². The van der Waals surface area contributed by atoms with Crippen molar-refractivity contribution in [2.75, 3.05) is 7.11 Å². The fourth-order valence-corrected chi connectivity index (χ4v) is 3.33. The Hall–Kier alpha value is -3.60. The lowest BCUT2D eigenvalue weighted by atomic mass is 9.99. The first kappa shape index (κ1) is 16.8. The molecule has 4 aromatic rings. The van der Waals surface area contributed by atoms with E-state index in [2.05, 4.69) is 0 Å². The van der Waals surface area contributed by atoms with E-state index in [-0.39, 0.29) is 11.5 Å². The maximum atomic E-state index is 13.8. The number of phenols is 1. The molecule has 0 atom stereocenters. The van der Waals surface area contributed by atoms with Crippen LogP contribution in [0.15, 0.2) is 77.6 Å². The SMILES string of the molecule is COc1c(-c2cccc(O)c2)c2ccccc2n(-c2cccc(F)c2)c1=O. The molecular formula is C22H16FNO3. The highest BCUT2D eigenvalue weighted by Gasteiger charge is 2.20. The van der Waals surface area contributed by atoms with E-state index in [9.17, 15) is 14.3 Å². The summed E-state index contributed by atoms with van der Waals surface area (Å²) < 4.78 is 20.7. The quantitative estimate of drug-likeness (QED) is 0.584. The van der Waals surface area contributed by atoms with E-state index < -0.39 is 11.4 Å². The number of rotatable bonds is 3. The number of ether oxygens (including phenoxy) is 1. The number of nitrogens with zero attached hydrogens (tertiary/aromatic N) is 1. The van der Waals surface area contributed by atoms with Crippen LogP contribution < -0.4 is 10.3 Å². The van der Waals surface area contributed by atoms with Crippen molar-refractivity contribution in [1.29, 1.82) is 0 Å². The number of fused-ring (bicyclic) bond motifs is 1. The van der Waals surface area contributed by atoms with Gasteiger partial charge >= 0.3 is 0 Å². The van der Waals surface area contributed by atoms with Gasteiger partial charge in [-0.15, -0.1) is 0 Å². The molecule has 0 aliphatic heterocycles. The van der Waals surface area contributed by atoms with Crippen molar-refractivity contribution in [3.63, 3.8) is 0 Å². The zero-order valence-corrected chi connectivity index (χ0v) is 14.5. The van der Waals surface area contributed by atoms with E-state index in [0.717, 1.165) is 5.39 Å². The Kier molecular flexibility index (Phi) is 4.12. The number of phenolic OH excluding ortho intramolecular Hbond substituents is 1. The first-order valence-corrected chi connectivity index (χ1v) is 8.37. The summed E-state index contributed by atoms with van der Waals surface area (Å²) >= 11 is 0. The van der Waals surface area contributed by atoms with E-state index in [4.69, 9.17) is 4.74 Å². The zero-order valence-electron chi connectivity index (χ0n) is 14.5. The van der Waals surface area contributed by atoms with Crippen molar-refractivity contribution in [2.45, 2.75) is 0 Å². The third-order valence-electron chi connectivity index (χ3n) is 4.44. The normalized spacial score (nSPS) is 10.9. The van der Waals surface area contributed by atoms with Crippen LogP contribution in [0.5, 0.6) is 11.5 Å². The molecule has 0 aliphatic carbocycles. The molecule has 27 heavy (non-hydrogen) atoms. The lowest BCUT2D eigenvalue weighted by Crippen LogP contribution is -2.21. The van der Waals surface area contributed by atoms with Crippen LogP contribution in [0.4, 0.5) is 4.39 Å². The molecule has 0 saturated carbocycles. The fraction of sp³-hybridized carbons (Fsp3) is 0.0455. The number of aromatic hydroxyl groups is 1. The molecule has 0 bridgehead atoms. The summed E-state index contributed by atoms with van der Waals surface area (Å²) in [6.45, 7) is 0. The first-order valence-electron chi connectivity index (χ1n) is 8.37. The summed E-state index contributed by atoms with van der Waals surface area (Å²) in [6, 6.07) is 19.8. The highest BCUT2D eigenvalue weighted by atomic mass is 19.1. The monoisotopic (exact) mass is 361 g/mol. The molecule has 1 heterocycles. The molecule has 0 fully saturated rings. The number of benzene rings is 3. The molecule has 4 rings (SSSR count). The number of pyridine rings is 1. The topological polar surface area (TPSA) is 51.5 Å². The van der Waals surface area contributed by atoms with Gasteiger partial charge in [0, 0.05) is 10.9 Å². The second kappa shape index (κ2) is 6.61. The molecule has 1 aromatic heterocycles. The maximum absolute atomic E-state index is 13.8. The average molecular weight is 361 g/mol. The summed E-state index contributed by atoms with van der Waals surface area (Å²) in [7, 11) is 1.42. The Bertz CT molecular complexity index is 1210. The number of methoxy groups -OCH3 is 1. The van der Waals surface area contributed by atoms with Crippen LogP contribution in [0.2, 0.25) is 0 Å². The number of hydrogen-bond donors (Lipinski definition) is 1. The molecule has 1 N–H and O–H groups in total. The molecule has 4 nitrogen and oxygen atoms in total. The molecule has 0 spiro atoms. The van der Waals surface area contributed by atoms with E-state index >= 15 is 0 Å². The largest absolute Gasteiger partial charge is 0.508 e. The van der Waals surface area contributed by atoms with Crippen molar-refractivity contribution in [1.82, 2.24) is 4.57 Å². The van der Waals surface area contributed by atoms with Gasteiger partial charge in [0.05, 0.1) is 18.3 Å². The van der Waals surface area contributed by atoms with Gasteiger partial charge in [0.25, 0.3) is 5.56 Å². The molecule has 5 heteroatoms. The summed E-state index contributed by atoms with van der Waals surface area (Å²) in [6.07, 6.45) is 0. The molecular weight excluding hydrogens is 345 g/mol. The molecule has 0 radical (unpaired) electrons. The van der Waals surface area contributed by atoms with Gasteiger partial charge in [-0.25, -0.2) is 4.39 Å². The van der Waals surface area contributed by atoms with E-state index in [1.54, 1.807) is 42.5 Å². The molecule has 0 aliphatic rings. The second-order valence-corrected chi connectivity index (χ2v) is 6.10. The minimum Gasteiger partial charge on any atom is -0.508 e. The molecule has 0 unspecified atom stereocenters.